The first-order valence-electron chi connectivity index (χ1n) is 8.71. The Bertz CT molecular complexity index is 790. The number of nitrogens with one attached hydrogen (secondary N) is 2. The fourth-order valence-corrected chi connectivity index (χ4v) is 2.50. The van der Waals surface area contributed by atoms with E-state index in [4.69, 9.17) is 9.15 Å². The number of aromatic nitrogens is 1. The molecule has 142 valence electrons. The highest BCUT2D eigenvalue weighted by molar-refractivity contribution is 5.97. The molecule has 7 nitrogen and oxygen atoms in total. The minimum atomic E-state index is -0.695. The zero-order chi connectivity index (χ0) is 19.5. The predicted octanol–water partition coefficient (Wildman–Crippen LogP) is 4.01. The second-order valence-electron chi connectivity index (χ2n) is 7.73. The van der Waals surface area contributed by atoms with Gasteiger partial charge < -0.3 is 19.8 Å². The fourth-order valence-electron chi connectivity index (χ4n) is 2.50. The van der Waals surface area contributed by atoms with Gasteiger partial charge in [0, 0.05) is 12.6 Å². The molecule has 7 heteroatoms. The Morgan fingerprint density at radius 3 is 2.58 bits per heavy atom. The van der Waals surface area contributed by atoms with E-state index in [0.29, 0.717) is 29.1 Å². The fraction of sp³-hybridized carbons (Fsp3) is 0.526. The number of hydrogen-bond donors (Lipinski definition) is 2. The van der Waals surface area contributed by atoms with Crippen molar-refractivity contribution in [2.75, 3.05) is 5.32 Å². The van der Waals surface area contributed by atoms with Crippen molar-refractivity contribution < 1.29 is 18.7 Å². The topological polar surface area (TPSA) is 93.5 Å². The number of ether oxygens (including phenoxy) is 1. The van der Waals surface area contributed by atoms with Gasteiger partial charge in [-0.1, -0.05) is 13.8 Å². The summed E-state index contributed by atoms with van der Waals surface area (Å²) in [5.41, 5.74) is 1.29. The Labute approximate surface area is 153 Å². The lowest BCUT2D eigenvalue weighted by atomic mass is 10.0. The number of benzene rings is 1. The van der Waals surface area contributed by atoms with Gasteiger partial charge in [-0.2, -0.15) is 0 Å². The molecule has 0 aliphatic heterocycles. The van der Waals surface area contributed by atoms with Gasteiger partial charge in [-0.25, -0.2) is 9.78 Å². The van der Waals surface area contributed by atoms with Crippen LogP contribution in [0, 0.1) is 12.8 Å². The average Bonchev–Trinajstić information content (AvgIpc) is 2.83. The Hall–Kier alpha value is -2.57. The molecule has 1 aromatic heterocycles. The third-order valence-corrected chi connectivity index (χ3v) is 3.48. The zero-order valence-corrected chi connectivity index (χ0v) is 16.2. The molecule has 0 aliphatic rings. The van der Waals surface area contributed by atoms with E-state index >= 15 is 0 Å². The van der Waals surface area contributed by atoms with Crippen LogP contribution in [0.1, 0.15) is 46.9 Å². The first-order valence-corrected chi connectivity index (χ1v) is 8.71. The Morgan fingerprint density at radius 2 is 1.96 bits per heavy atom. The molecule has 2 rings (SSSR count). The van der Waals surface area contributed by atoms with Crippen molar-refractivity contribution in [3.63, 3.8) is 0 Å². The number of nitrogens with zero attached hydrogens (tertiary/aromatic N) is 1. The summed E-state index contributed by atoms with van der Waals surface area (Å²) in [5, 5.41) is 5.48. The van der Waals surface area contributed by atoms with E-state index in [9.17, 15) is 9.59 Å². The largest absolute Gasteiger partial charge is 0.444 e. The van der Waals surface area contributed by atoms with Crippen molar-refractivity contribution in [3.8, 4) is 0 Å². The minimum absolute atomic E-state index is 0.223. The smallest absolute Gasteiger partial charge is 0.408 e. The van der Waals surface area contributed by atoms with E-state index in [2.05, 4.69) is 15.6 Å². The van der Waals surface area contributed by atoms with E-state index in [1.807, 2.05) is 13.8 Å². The first kappa shape index (κ1) is 19.8. The Kier molecular flexibility index (Phi) is 5.90. The van der Waals surface area contributed by atoms with Crippen LogP contribution in [0.25, 0.3) is 11.1 Å². The van der Waals surface area contributed by atoms with Gasteiger partial charge in [-0.15, -0.1) is 0 Å². The van der Waals surface area contributed by atoms with Gasteiger partial charge in [-0.05, 0) is 51.3 Å². The van der Waals surface area contributed by atoms with E-state index in [-0.39, 0.29) is 11.8 Å². The zero-order valence-electron chi connectivity index (χ0n) is 16.2. The lowest BCUT2D eigenvalue weighted by Crippen LogP contribution is -2.46. The van der Waals surface area contributed by atoms with Gasteiger partial charge in [0.2, 0.25) is 5.91 Å². The molecule has 1 atom stereocenters. The first-order chi connectivity index (χ1) is 12.0. The monoisotopic (exact) mass is 361 g/mol. The summed E-state index contributed by atoms with van der Waals surface area (Å²) >= 11 is 0. The molecule has 0 aliphatic carbocycles. The van der Waals surface area contributed by atoms with Crippen LogP contribution in [0.3, 0.4) is 0 Å². The molecule has 2 N–H and O–H groups in total. The second-order valence-corrected chi connectivity index (χ2v) is 7.73. The van der Waals surface area contributed by atoms with Gasteiger partial charge >= 0.3 is 6.09 Å². The molecular formula is C19H27N3O4. The normalized spacial score (nSPS) is 12.9. The van der Waals surface area contributed by atoms with Gasteiger partial charge in [0.15, 0.2) is 11.5 Å². The number of rotatable bonds is 5. The van der Waals surface area contributed by atoms with Crippen LogP contribution in [0.15, 0.2) is 22.6 Å². The number of carbonyl (C=O) groups excluding carboxylic acids is 2. The SMILES string of the molecule is Cc1nc2cc(NC(=O)[C@@H](CC(C)C)NC(=O)OC(C)(C)C)ccc2o1. The molecule has 26 heavy (non-hydrogen) atoms. The molecular weight excluding hydrogens is 334 g/mol. The maximum absolute atomic E-state index is 12.7. The van der Waals surface area contributed by atoms with E-state index in [0.717, 1.165) is 0 Å². The highest BCUT2D eigenvalue weighted by Gasteiger charge is 2.25. The summed E-state index contributed by atoms with van der Waals surface area (Å²) in [5.74, 6) is 0.484. The van der Waals surface area contributed by atoms with Crippen molar-refractivity contribution in [1.82, 2.24) is 10.3 Å². The lowest BCUT2D eigenvalue weighted by Gasteiger charge is -2.24. The number of anilines is 1. The summed E-state index contributed by atoms with van der Waals surface area (Å²) in [7, 11) is 0. The number of carbonyl (C=O) groups is 2. The standard InChI is InChI=1S/C19H27N3O4/c1-11(2)9-15(22-18(24)26-19(4,5)6)17(23)21-13-7-8-16-14(10-13)20-12(3)25-16/h7-8,10-11,15H,9H2,1-6H3,(H,21,23)(H,22,24)/t15-/m1/s1. The summed E-state index contributed by atoms with van der Waals surface area (Å²) in [6, 6.07) is 4.54. The number of aryl methyl sites for hydroxylation is 1. The predicted molar refractivity (Wildman–Crippen MR) is 100.0 cm³/mol. The Balaban J connectivity index is 2.10. The molecule has 2 amide bonds. The molecule has 0 spiro atoms. The number of alkyl carbamates (subject to hydrolysis) is 1. The van der Waals surface area contributed by atoms with Crippen molar-refractivity contribution in [2.45, 2.75) is 59.6 Å². The molecule has 0 fully saturated rings. The van der Waals surface area contributed by atoms with Crippen molar-refractivity contribution >= 4 is 28.8 Å². The van der Waals surface area contributed by atoms with Crippen LogP contribution >= 0.6 is 0 Å². The Morgan fingerprint density at radius 1 is 1.27 bits per heavy atom. The van der Waals surface area contributed by atoms with Gasteiger partial charge in [0.1, 0.15) is 17.2 Å². The van der Waals surface area contributed by atoms with Crippen LogP contribution in [0.4, 0.5) is 10.5 Å². The second kappa shape index (κ2) is 7.76. The quantitative estimate of drug-likeness (QED) is 0.839. The van der Waals surface area contributed by atoms with Crippen LogP contribution < -0.4 is 10.6 Å². The highest BCUT2D eigenvalue weighted by Crippen LogP contribution is 2.20. The van der Waals surface area contributed by atoms with E-state index in [1.54, 1.807) is 45.9 Å². The van der Waals surface area contributed by atoms with Crippen molar-refractivity contribution in [3.05, 3.63) is 24.1 Å². The third kappa shape index (κ3) is 5.75. The average molecular weight is 361 g/mol. The molecule has 1 heterocycles. The number of oxazole rings is 1. The summed E-state index contributed by atoms with van der Waals surface area (Å²) < 4.78 is 10.7. The number of hydrogen-bond acceptors (Lipinski definition) is 5. The van der Waals surface area contributed by atoms with Crippen LogP contribution in [0.2, 0.25) is 0 Å². The van der Waals surface area contributed by atoms with E-state index in [1.165, 1.54) is 0 Å². The maximum Gasteiger partial charge on any atom is 0.408 e. The lowest BCUT2D eigenvalue weighted by molar-refractivity contribution is -0.118. The molecule has 0 radical (unpaired) electrons. The van der Waals surface area contributed by atoms with Crippen LogP contribution in [-0.4, -0.2) is 28.6 Å². The van der Waals surface area contributed by atoms with Crippen molar-refractivity contribution in [2.24, 2.45) is 5.92 Å². The van der Waals surface area contributed by atoms with E-state index < -0.39 is 17.7 Å². The maximum atomic E-state index is 12.7. The van der Waals surface area contributed by atoms with Crippen molar-refractivity contribution in [1.29, 1.82) is 0 Å². The molecule has 2 aromatic rings. The van der Waals surface area contributed by atoms with Crippen LogP contribution in [0.5, 0.6) is 0 Å². The summed E-state index contributed by atoms with van der Waals surface area (Å²) in [6.07, 6.45) is -0.114. The third-order valence-electron chi connectivity index (χ3n) is 3.48. The highest BCUT2D eigenvalue weighted by atomic mass is 16.6. The van der Waals surface area contributed by atoms with Gasteiger partial charge in [0.25, 0.3) is 0 Å². The number of fused-ring (bicyclic) bond motifs is 1. The molecule has 0 saturated carbocycles. The molecule has 0 bridgehead atoms. The summed E-state index contributed by atoms with van der Waals surface area (Å²) in [6.45, 7) is 11.1. The van der Waals surface area contributed by atoms with Gasteiger partial charge in [0.05, 0.1) is 0 Å². The molecule has 1 aromatic carbocycles. The summed E-state index contributed by atoms with van der Waals surface area (Å²) in [4.78, 5) is 29.0. The molecule has 0 saturated heterocycles. The van der Waals surface area contributed by atoms with Gasteiger partial charge in [-0.3, -0.25) is 4.79 Å². The minimum Gasteiger partial charge on any atom is -0.444 e. The number of amides is 2. The molecule has 0 unspecified atom stereocenters. The van der Waals surface area contributed by atoms with Crippen LogP contribution in [-0.2, 0) is 9.53 Å².